The molecule has 0 unspecified atom stereocenters. The topological polar surface area (TPSA) is 115 Å². The average Bonchev–Trinajstić information content (AvgIpc) is 3.17. The Balaban J connectivity index is 1.39. The normalized spacial score (nSPS) is 21.4. The van der Waals surface area contributed by atoms with Crippen LogP contribution in [0.5, 0.6) is 17.2 Å². The number of fused-ring (bicyclic) bond motifs is 2. The number of aromatic nitrogens is 2. The van der Waals surface area contributed by atoms with Crippen molar-refractivity contribution in [3.8, 4) is 17.2 Å². The minimum Gasteiger partial charge on any atom is -0.494 e. The van der Waals surface area contributed by atoms with Gasteiger partial charge in [-0.05, 0) is 18.6 Å². The number of nitrogens with one attached hydrogen (secondary N) is 1. The van der Waals surface area contributed by atoms with Crippen LogP contribution < -0.4 is 20.5 Å². The largest absolute Gasteiger partial charge is 0.494 e. The van der Waals surface area contributed by atoms with Crippen LogP contribution in [0.15, 0.2) is 29.2 Å². The smallest absolute Gasteiger partial charge is 0.351 e. The lowest BCUT2D eigenvalue weighted by molar-refractivity contribution is -0.0459. The first-order valence-electron chi connectivity index (χ1n) is 11.4. The summed E-state index contributed by atoms with van der Waals surface area (Å²) in [5.74, 6) is 2.01. The minimum absolute atomic E-state index is 0.189. The molecule has 3 heterocycles. The Hall–Kier alpha value is -2.62. The van der Waals surface area contributed by atoms with E-state index in [9.17, 15) is 15.0 Å². The second-order valence-electron chi connectivity index (χ2n) is 8.26. The van der Waals surface area contributed by atoms with E-state index in [2.05, 4.69) is 17.2 Å². The van der Waals surface area contributed by atoms with E-state index in [0.29, 0.717) is 29.6 Å². The number of hydrogen-bond acceptors (Lipinski definition) is 8. The Morgan fingerprint density at radius 2 is 2.03 bits per heavy atom. The van der Waals surface area contributed by atoms with Crippen molar-refractivity contribution in [2.75, 3.05) is 18.5 Å². The SMILES string of the molecule is CCCCCCCCOc1ccc2c(c1)Nc1nc(=O)n([C@H]3C[C@H](O)[C@@H](CO)O3)cc1O2. The first kappa shape index (κ1) is 22.6. The van der Waals surface area contributed by atoms with Crippen molar-refractivity contribution < 1.29 is 24.4 Å². The second kappa shape index (κ2) is 10.3. The molecule has 3 atom stereocenters. The van der Waals surface area contributed by atoms with E-state index >= 15 is 0 Å². The summed E-state index contributed by atoms with van der Waals surface area (Å²) in [6, 6.07) is 5.51. The van der Waals surface area contributed by atoms with Gasteiger partial charge in [-0.15, -0.1) is 0 Å². The van der Waals surface area contributed by atoms with E-state index in [0.717, 1.165) is 18.6 Å². The number of aliphatic hydroxyl groups is 2. The first-order chi connectivity index (χ1) is 15.6. The lowest BCUT2D eigenvalue weighted by atomic mass is 10.1. The molecule has 1 saturated heterocycles. The van der Waals surface area contributed by atoms with Gasteiger partial charge in [0.25, 0.3) is 0 Å². The van der Waals surface area contributed by atoms with Gasteiger partial charge in [0, 0.05) is 12.5 Å². The molecule has 2 aliphatic heterocycles. The molecule has 9 nitrogen and oxygen atoms in total. The van der Waals surface area contributed by atoms with Crippen LogP contribution >= 0.6 is 0 Å². The summed E-state index contributed by atoms with van der Waals surface area (Å²) in [5.41, 5.74) is 0.144. The summed E-state index contributed by atoms with van der Waals surface area (Å²) in [5, 5.41) is 22.4. The first-order valence-corrected chi connectivity index (χ1v) is 11.4. The van der Waals surface area contributed by atoms with Gasteiger partial charge in [-0.2, -0.15) is 4.98 Å². The fourth-order valence-corrected chi connectivity index (χ4v) is 3.98. The highest BCUT2D eigenvalue weighted by Gasteiger charge is 2.35. The molecule has 1 aromatic carbocycles. The maximum atomic E-state index is 12.5. The van der Waals surface area contributed by atoms with E-state index < -0.39 is 24.1 Å². The van der Waals surface area contributed by atoms with Gasteiger partial charge in [0.2, 0.25) is 0 Å². The van der Waals surface area contributed by atoms with Crippen LogP contribution in [0, 0.1) is 0 Å². The number of nitrogens with zero attached hydrogens (tertiary/aromatic N) is 2. The van der Waals surface area contributed by atoms with Crippen molar-refractivity contribution in [1.82, 2.24) is 9.55 Å². The molecule has 9 heteroatoms. The third-order valence-corrected chi connectivity index (χ3v) is 5.80. The second-order valence-corrected chi connectivity index (χ2v) is 8.26. The monoisotopic (exact) mass is 445 g/mol. The van der Waals surface area contributed by atoms with Gasteiger partial charge in [-0.1, -0.05) is 39.0 Å². The number of anilines is 2. The van der Waals surface area contributed by atoms with Crippen LogP contribution in [-0.2, 0) is 4.74 Å². The molecule has 2 aliphatic rings. The summed E-state index contributed by atoms with van der Waals surface area (Å²) in [6.45, 7) is 2.55. The standard InChI is InChI=1S/C23H31N3O6/c1-2-3-4-5-6-7-10-30-15-8-9-18-16(11-15)24-22-19(31-18)13-26(23(29)25-22)21-12-17(28)20(14-27)32-21/h8-9,11,13,17,20-21,27-28H,2-7,10,12,14H2,1H3,(H,24,25,29)/t17-,20+,21+/m0/s1. The van der Waals surface area contributed by atoms with Gasteiger partial charge in [-0.3, -0.25) is 4.57 Å². The molecule has 0 saturated carbocycles. The van der Waals surface area contributed by atoms with Crippen LogP contribution in [0.3, 0.4) is 0 Å². The van der Waals surface area contributed by atoms with Crippen LogP contribution in [0.4, 0.5) is 11.5 Å². The summed E-state index contributed by atoms with van der Waals surface area (Å²) >= 11 is 0. The molecular formula is C23H31N3O6. The van der Waals surface area contributed by atoms with Gasteiger partial charge in [-0.25, -0.2) is 4.79 Å². The molecule has 3 N–H and O–H groups in total. The number of ether oxygens (including phenoxy) is 3. The van der Waals surface area contributed by atoms with Gasteiger partial charge in [0.15, 0.2) is 17.3 Å². The van der Waals surface area contributed by atoms with Crippen molar-refractivity contribution in [2.24, 2.45) is 0 Å². The number of aliphatic hydroxyl groups excluding tert-OH is 2. The fourth-order valence-electron chi connectivity index (χ4n) is 3.98. The van der Waals surface area contributed by atoms with Crippen LogP contribution in [-0.4, -0.2) is 45.2 Å². The van der Waals surface area contributed by atoms with E-state index in [4.69, 9.17) is 14.2 Å². The molecule has 0 spiro atoms. The van der Waals surface area contributed by atoms with Crippen molar-refractivity contribution in [1.29, 1.82) is 0 Å². The zero-order valence-electron chi connectivity index (χ0n) is 18.3. The maximum absolute atomic E-state index is 12.5. The van der Waals surface area contributed by atoms with Crippen molar-refractivity contribution >= 4 is 11.5 Å². The van der Waals surface area contributed by atoms with Crippen LogP contribution in [0.1, 0.15) is 58.1 Å². The molecule has 0 amide bonds. The molecule has 0 aliphatic carbocycles. The quantitative estimate of drug-likeness (QED) is 0.406. The Morgan fingerprint density at radius 3 is 2.81 bits per heavy atom. The third-order valence-electron chi connectivity index (χ3n) is 5.80. The molecule has 0 bridgehead atoms. The van der Waals surface area contributed by atoms with Crippen molar-refractivity contribution in [2.45, 2.75) is 70.3 Å². The number of unbranched alkanes of at least 4 members (excludes halogenated alkanes) is 5. The van der Waals surface area contributed by atoms with Crippen LogP contribution in [0.25, 0.3) is 0 Å². The summed E-state index contributed by atoms with van der Waals surface area (Å²) in [4.78, 5) is 16.6. The van der Waals surface area contributed by atoms with Gasteiger partial charge in [0.05, 0.1) is 31.2 Å². The Bertz CT molecular complexity index is 979. The molecule has 1 fully saturated rings. The Labute approximate surface area is 187 Å². The Morgan fingerprint density at radius 1 is 1.22 bits per heavy atom. The van der Waals surface area contributed by atoms with E-state index in [1.165, 1.54) is 36.4 Å². The summed E-state index contributed by atoms with van der Waals surface area (Å²) < 4.78 is 18.7. The van der Waals surface area contributed by atoms with Crippen molar-refractivity contribution in [3.63, 3.8) is 0 Å². The van der Waals surface area contributed by atoms with Gasteiger partial charge >= 0.3 is 5.69 Å². The molecule has 174 valence electrons. The van der Waals surface area contributed by atoms with Crippen molar-refractivity contribution in [3.05, 3.63) is 34.9 Å². The number of hydrogen-bond donors (Lipinski definition) is 3. The predicted octanol–water partition coefficient (Wildman–Crippen LogP) is 3.47. The average molecular weight is 446 g/mol. The molecule has 1 aromatic heterocycles. The molecule has 2 aromatic rings. The predicted molar refractivity (Wildman–Crippen MR) is 119 cm³/mol. The fraction of sp³-hybridized carbons (Fsp3) is 0.565. The van der Waals surface area contributed by atoms with E-state index in [-0.39, 0.29) is 13.0 Å². The minimum atomic E-state index is -0.845. The maximum Gasteiger partial charge on any atom is 0.351 e. The van der Waals surface area contributed by atoms with E-state index in [1.54, 1.807) is 0 Å². The Kier molecular flexibility index (Phi) is 7.29. The molecular weight excluding hydrogens is 414 g/mol. The highest BCUT2D eigenvalue weighted by Crippen LogP contribution is 2.42. The highest BCUT2D eigenvalue weighted by molar-refractivity contribution is 5.73. The zero-order chi connectivity index (χ0) is 22.5. The van der Waals surface area contributed by atoms with Gasteiger partial charge in [0.1, 0.15) is 18.1 Å². The number of benzene rings is 1. The lowest BCUT2D eigenvalue weighted by Crippen LogP contribution is -2.28. The van der Waals surface area contributed by atoms with Gasteiger partial charge < -0.3 is 29.7 Å². The molecule has 0 radical (unpaired) electrons. The highest BCUT2D eigenvalue weighted by atomic mass is 16.5. The third kappa shape index (κ3) is 5.06. The zero-order valence-corrected chi connectivity index (χ0v) is 18.3. The van der Waals surface area contributed by atoms with Crippen LogP contribution in [0.2, 0.25) is 0 Å². The van der Waals surface area contributed by atoms with E-state index in [1.807, 2.05) is 18.2 Å². The summed E-state index contributed by atoms with van der Waals surface area (Å²) in [7, 11) is 0. The molecule has 32 heavy (non-hydrogen) atoms. The lowest BCUT2D eigenvalue weighted by Gasteiger charge is -2.23. The summed E-state index contributed by atoms with van der Waals surface area (Å²) in [6.07, 6.45) is 6.65. The number of rotatable bonds is 10. The molecule has 4 rings (SSSR count).